The van der Waals surface area contributed by atoms with Crippen molar-refractivity contribution in [2.24, 2.45) is 5.92 Å². The summed E-state index contributed by atoms with van der Waals surface area (Å²) in [6.07, 6.45) is 5.47. The summed E-state index contributed by atoms with van der Waals surface area (Å²) in [5, 5.41) is 7.64. The minimum absolute atomic E-state index is 0.653. The summed E-state index contributed by atoms with van der Waals surface area (Å²) >= 11 is 0. The second-order valence-electron chi connectivity index (χ2n) is 4.46. The van der Waals surface area contributed by atoms with Crippen molar-refractivity contribution in [1.29, 1.82) is 0 Å². The van der Waals surface area contributed by atoms with E-state index in [1.807, 2.05) is 18.3 Å². The molecule has 0 amide bonds. The number of hydrogen-bond donors (Lipinski definition) is 1. The van der Waals surface area contributed by atoms with Gasteiger partial charge >= 0.3 is 0 Å². The van der Waals surface area contributed by atoms with Crippen LogP contribution in [0.5, 0.6) is 0 Å². The van der Waals surface area contributed by atoms with Gasteiger partial charge in [0.1, 0.15) is 0 Å². The van der Waals surface area contributed by atoms with Crippen LogP contribution in [0.1, 0.15) is 19.4 Å². The van der Waals surface area contributed by atoms with Crippen LogP contribution >= 0.6 is 0 Å². The van der Waals surface area contributed by atoms with E-state index in [1.54, 1.807) is 17.1 Å². The summed E-state index contributed by atoms with van der Waals surface area (Å²) in [7, 11) is 0. The quantitative estimate of drug-likeness (QED) is 0.854. The minimum Gasteiger partial charge on any atom is -0.312 e. The lowest BCUT2D eigenvalue weighted by Gasteiger charge is -2.10. The average Bonchev–Trinajstić information content (AvgIpc) is 2.82. The lowest BCUT2D eigenvalue weighted by Crippen LogP contribution is -2.20. The molecule has 90 valence electrons. The SMILES string of the molecule is CC(C)CNCc1cccnc1-n1cccn1. The molecule has 0 spiro atoms. The van der Waals surface area contributed by atoms with E-state index in [4.69, 9.17) is 0 Å². The Labute approximate surface area is 102 Å². The Morgan fingerprint density at radius 2 is 2.18 bits per heavy atom. The van der Waals surface area contributed by atoms with Crippen molar-refractivity contribution >= 4 is 0 Å². The molecule has 4 nitrogen and oxygen atoms in total. The Balaban J connectivity index is 2.11. The van der Waals surface area contributed by atoms with Crippen molar-refractivity contribution in [2.45, 2.75) is 20.4 Å². The maximum atomic E-state index is 4.38. The molecule has 1 N–H and O–H groups in total. The molecular weight excluding hydrogens is 212 g/mol. The van der Waals surface area contributed by atoms with Gasteiger partial charge in [-0.2, -0.15) is 5.10 Å². The predicted octanol–water partition coefficient (Wildman–Crippen LogP) is 2.01. The smallest absolute Gasteiger partial charge is 0.157 e. The molecule has 2 aromatic rings. The van der Waals surface area contributed by atoms with Gasteiger partial charge in [-0.15, -0.1) is 0 Å². The minimum atomic E-state index is 0.653. The molecule has 17 heavy (non-hydrogen) atoms. The third-order valence-electron chi connectivity index (χ3n) is 2.46. The van der Waals surface area contributed by atoms with Crippen molar-refractivity contribution in [1.82, 2.24) is 20.1 Å². The average molecular weight is 230 g/mol. The Morgan fingerprint density at radius 3 is 2.88 bits per heavy atom. The molecule has 0 aliphatic heterocycles. The van der Waals surface area contributed by atoms with Crippen molar-refractivity contribution < 1.29 is 0 Å². The second-order valence-corrected chi connectivity index (χ2v) is 4.46. The zero-order valence-electron chi connectivity index (χ0n) is 10.3. The van der Waals surface area contributed by atoms with Crippen LogP contribution in [-0.2, 0) is 6.54 Å². The van der Waals surface area contributed by atoms with Crippen LogP contribution in [0.25, 0.3) is 5.82 Å². The number of nitrogens with zero attached hydrogens (tertiary/aromatic N) is 3. The highest BCUT2D eigenvalue weighted by Gasteiger charge is 2.05. The fourth-order valence-electron chi connectivity index (χ4n) is 1.66. The fraction of sp³-hybridized carbons (Fsp3) is 0.385. The van der Waals surface area contributed by atoms with Crippen LogP contribution < -0.4 is 5.32 Å². The molecule has 0 saturated heterocycles. The molecule has 2 heterocycles. The molecule has 2 rings (SSSR count). The van der Waals surface area contributed by atoms with Gasteiger partial charge in [-0.1, -0.05) is 19.9 Å². The number of nitrogens with one attached hydrogen (secondary N) is 1. The summed E-state index contributed by atoms with van der Waals surface area (Å²) in [4.78, 5) is 4.38. The molecule has 0 bridgehead atoms. The highest BCUT2D eigenvalue weighted by atomic mass is 15.3. The van der Waals surface area contributed by atoms with E-state index in [9.17, 15) is 0 Å². The van der Waals surface area contributed by atoms with Gasteiger partial charge in [-0.25, -0.2) is 9.67 Å². The summed E-state index contributed by atoms with van der Waals surface area (Å²) in [5.74, 6) is 1.55. The monoisotopic (exact) mass is 230 g/mol. The van der Waals surface area contributed by atoms with E-state index < -0.39 is 0 Å². The molecular formula is C13H18N4. The summed E-state index contributed by atoms with van der Waals surface area (Å²) < 4.78 is 1.80. The molecule has 4 heteroatoms. The lowest BCUT2D eigenvalue weighted by molar-refractivity contribution is 0.550. The van der Waals surface area contributed by atoms with E-state index in [2.05, 4.69) is 35.3 Å². The zero-order valence-corrected chi connectivity index (χ0v) is 10.3. The third kappa shape index (κ3) is 3.14. The molecule has 0 aliphatic carbocycles. The lowest BCUT2D eigenvalue weighted by atomic mass is 10.2. The van der Waals surface area contributed by atoms with E-state index >= 15 is 0 Å². The number of rotatable bonds is 5. The maximum absolute atomic E-state index is 4.38. The molecule has 0 aromatic carbocycles. The van der Waals surface area contributed by atoms with Crippen LogP contribution in [-0.4, -0.2) is 21.3 Å². The van der Waals surface area contributed by atoms with Crippen molar-refractivity contribution in [2.75, 3.05) is 6.54 Å². The maximum Gasteiger partial charge on any atom is 0.157 e. The highest BCUT2D eigenvalue weighted by molar-refractivity contribution is 5.32. The Hall–Kier alpha value is -1.68. The molecule has 2 aromatic heterocycles. The molecule has 0 fully saturated rings. The van der Waals surface area contributed by atoms with Crippen LogP contribution in [0.4, 0.5) is 0 Å². The Bertz CT molecular complexity index is 448. The second kappa shape index (κ2) is 5.59. The number of pyridine rings is 1. The number of hydrogen-bond acceptors (Lipinski definition) is 3. The first-order chi connectivity index (χ1) is 8.27. The van der Waals surface area contributed by atoms with Crippen LogP contribution in [0.3, 0.4) is 0 Å². The molecule has 0 aliphatic rings. The molecule has 0 radical (unpaired) electrons. The first-order valence-corrected chi connectivity index (χ1v) is 5.92. The normalized spacial score (nSPS) is 11.0. The van der Waals surface area contributed by atoms with Crippen molar-refractivity contribution in [3.05, 3.63) is 42.4 Å². The highest BCUT2D eigenvalue weighted by Crippen LogP contribution is 2.09. The van der Waals surface area contributed by atoms with E-state index in [-0.39, 0.29) is 0 Å². The standard InChI is InChI=1S/C13H18N4/c1-11(2)9-14-10-12-5-3-6-15-13(12)17-8-4-7-16-17/h3-8,11,14H,9-10H2,1-2H3. The van der Waals surface area contributed by atoms with Gasteiger partial charge in [0.15, 0.2) is 5.82 Å². The van der Waals surface area contributed by atoms with Gasteiger partial charge in [-0.3, -0.25) is 0 Å². The first-order valence-electron chi connectivity index (χ1n) is 5.92. The summed E-state index contributed by atoms with van der Waals surface area (Å²) in [6, 6.07) is 5.94. The Kier molecular flexibility index (Phi) is 3.88. The van der Waals surface area contributed by atoms with Crippen molar-refractivity contribution in [3.8, 4) is 5.82 Å². The Morgan fingerprint density at radius 1 is 1.29 bits per heavy atom. The van der Waals surface area contributed by atoms with Gasteiger partial charge < -0.3 is 5.32 Å². The van der Waals surface area contributed by atoms with E-state index in [0.717, 1.165) is 24.5 Å². The summed E-state index contributed by atoms with van der Waals surface area (Å²) in [6.45, 7) is 6.23. The predicted molar refractivity (Wildman–Crippen MR) is 67.9 cm³/mol. The third-order valence-corrected chi connectivity index (χ3v) is 2.46. The van der Waals surface area contributed by atoms with Gasteiger partial charge in [0, 0.05) is 30.7 Å². The zero-order chi connectivity index (χ0) is 12.1. The van der Waals surface area contributed by atoms with Gasteiger partial charge in [0.2, 0.25) is 0 Å². The van der Waals surface area contributed by atoms with Crippen molar-refractivity contribution in [3.63, 3.8) is 0 Å². The van der Waals surface area contributed by atoms with Gasteiger partial charge in [0.05, 0.1) is 0 Å². The van der Waals surface area contributed by atoms with E-state index in [0.29, 0.717) is 5.92 Å². The van der Waals surface area contributed by atoms with E-state index in [1.165, 1.54) is 0 Å². The molecule has 0 saturated carbocycles. The van der Waals surface area contributed by atoms with Gasteiger partial charge in [0.25, 0.3) is 0 Å². The summed E-state index contributed by atoms with van der Waals surface area (Å²) in [5.41, 5.74) is 1.16. The number of aromatic nitrogens is 3. The van der Waals surface area contributed by atoms with Gasteiger partial charge in [-0.05, 0) is 24.6 Å². The molecule has 0 unspecified atom stereocenters. The van der Waals surface area contributed by atoms with Crippen LogP contribution in [0, 0.1) is 5.92 Å². The largest absolute Gasteiger partial charge is 0.312 e. The van der Waals surface area contributed by atoms with Crippen LogP contribution in [0.15, 0.2) is 36.8 Å². The molecule has 0 atom stereocenters. The first kappa shape index (κ1) is 11.8. The topological polar surface area (TPSA) is 42.7 Å². The van der Waals surface area contributed by atoms with Crippen LogP contribution in [0.2, 0.25) is 0 Å². The fourth-order valence-corrected chi connectivity index (χ4v) is 1.66.